The standard InChI is InChI=1S/C28H26N2O3S2.Na/c1-4-18-10-14-21(15-11-18)29-25(31)23-24(19-8-6-5-7-9-19)34-26(30-23)20-12-16-22(17-13-20)35-28(2,3)27(32)33;/h5-17H,4H2,1-3H3,(H,29,31)(H,32,33);/q;+1/p-1. The number of carbonyl (C=O) groups excluding carboxylic acids is 2. The molecule has 0 aliphatic carbocycles. The van der Waals surface area contributed by atoms with Crippen molar-refractivity contribution in [3.63, 3.8) is 0 Å². The molecule has 0 aliphatic heterocycles. The molecule has 0 spiro atoms. The summed E-state index contributed by atoms with van der Waals surface area (Å²) in [5, 5.41) is 15.0. The van der Waals surface area contributed by atoms with Gasteiger partial charge in [0, 0.05) is 16.1 Å². The molecule has 0 saturated heterocycles. The molecule has 1 amide bonds. The van der Waals surface area contributed by atoms with Gasteiger partial charge in [0.15, 0.2) is 0 Å². The number of anilines is 1. The number of aryl methyl sites for hydroxylation is 1. The Morgan fingerprint density at radius 2 is 1.58 bits per heavy atom. The maximum Gasteiger partial charge on any atom is 1.00 e. The molecule has 1 N–H and O–H groups in total. The molecule has 0 atom stereocenters. The van der Waals surface area contributed by atoms with E-state index in [-0.39, 0.29) is 35.5 Å². The molecule has 0 radical (unpaired) electrons. The number of nitrogens with one attached hydrogen (secondary N) is 1. The number of hydrogen-bond acceptors (Lipinski definition) is 6. The fourth-order valence-electron chi connectivity index (χ4n) is 3.40. The third-order valence-corrected chi connectivity index (χ3v) is 7.80. The van der Waals surface area contributed by atoms with Gasteiger partial charge in [0.05, 0.1) is 15.6 Å². The number of amides is 1. The normalized spacial score (nSPS) is 11.0. The second-order valence-electron chi connectivity index (χ2n) is 8.49. The summed E-state index contributed by atoms with van der Waals surface area (Å²) in [6, 6.07) is 25.1. The Hall–Kier alpha value is -2.42. The van der Waals surface area contributed by atoms with E-state index in [0.29, 0.717) is 10.7 Å². The number of benzene rings is 3. The summed E-state index contributed by atoms with van der Waals surface area (Å²) in [7, 11) is 0. The van der Waals surface area contributed by atoms with E-state index in [0.717, 1.165) is 33.0 Å². The van der Waals surface area contributed by atoms with Crippen LogP contribution in [-0.2, 0) is 11.2 Å². The van der Waals surface area contributed by atoms with Gasteiger partial charge in [-0.2, -0.15) is 0 Å². The summed E-state index contributed by atoms with van der Waals surface area (Å²) in [4.78, 5) is 30.9. The number of rotatable bonds is 8. The number of aliphatic carboxylic acids is 1. The quantitative estimate of drug-likeness (QED) is 0.283. The van der Waals surface area contributed by atoms with Gasteiger partial charge in [-0.25, -0.2) is 4.98 Å². The number of thioether (sulfide) groups is 1. The monoisotopic (exact) mass is 524 g/mol. The van der Waals surface area contributed by atoms with E-state index >= 15 is 0 Å². The smallest absolute Gasteiger partial charge is 0.549 e. The fraction of sp³-hybridized carbons (Fsp3) is 0.179. The number of carboxylic acids is 1. The topological polar surface area (TPSA) is 82.1 Å². The van der Waals surface area contributed by atoms with Gasteiger partial charge in [-0.3, -0.25) is 4.79 Å². The van der Waals surface area contributed by atoms with Crippen molar-refractivity contribution in [3.05, 3.63) is 90.1 Å². The molecule has 0 fully saturated rings. The van der Waals surface area contributed by atoms with Crippen molar-refractivity contribution in [1.29, 1.82) is 0 Å². The Labute approximate surface area is 241 Å². The van der Waals surface area contributed by atoms with E-state index in [1.165, 1.54) is 28.7 Å². The largest absolute Gasteiger partial charge is 1.00 e. The maximum atomic E-state index is 13.3. The summed E-state index contributed by atoms with van der Waals surface area (Å²) in [6.45, 7) is 5.33. The molecule has 4 aromatic rings. The van der Waals surface area contributed by atoms with Crippen molar-refractivity contribution < 1.29 is 44.3 Å². The number of carbonyl (C=O) groups is 2. The van der Waals surface area contributed by atoms with Crippen molar-refractivity contribution in [1.82, 2.24) is 4.98 Å². The molecule has 1 heterocycles. The zero-order chi connectivity index (χ0) is 25.0. The van der Waals surface area contributed by atoms with E-state index in [9.17, 15) is 14.7 Å². The van der Waals surface area contributed by atoms with Crippen LogP contribution in [0.4, 0.5) is 5.69 Å². The van der Waals surface area contributed by atoms with E-state index in [4.69, 9.17) is 4.98 Å². The zero-order valence-electron chi connectivity index (χ0n) is 20.7. The number of aromatic nitrogens is 1. The van der Waals surface area contributed by atoms with Crippen LogP contribution in [0.1, 0.15) is 36.8 Å². The molecule has 0 unspecified atom stereocenters. The Morgan fingerprint density at radius 1 is 0.944 bits per heavy atom. The van der Waals surface area contributed by atoms with Crippen LogP contribution >= 0.6 is 23.1 Å². The van der Waals surface area contributed by atoms with Crippen LogP contribution in [0, 0.1) is 0 Å². The van der Waals surface area contributed by atoms with Crippen LogP contribution in [0.25, 0.3) is 21.0 Å². The molecule has 3 aromatic carbocycles. The second kappa shape index (κ2) is 12.2. The maximum absolute atomic E-state index is 13.3. The van der Waals surface area contributed by atoms with E-state index in [2.05, 4.69) is 12.2 Å². The first-order valence-electron chi connectivity index (χ1n) is 11.2. The first-order valence-corrected chi connectivity index (χ1v) is 12.9. The van der Waals surface area contributed by atoms with Crippen molar-refractivity contribution in [3.8, 4) is 21.0 Å². The minimum absolute atomic E-state index is 0. The molecule has 8 heteroatoms. The summed E-state index contributed by atoms with van der Waals surface area (Å²) in [6.07, 6.45) is 0.934. The molecular weight excluding hydrogens is 499 g/mol. The predicted molar refractivity (Wildman–Crippen MR) is 142 cm³/mol. The number of hydrogen-bond donors (Lipinski definition) is 1. The van der Waals surface area contributed by atoms with Gasteiger partial charge in [-0.1, -0.05) is 61.5 Å². The first kappa shape index (κ1) is 28.2. The number of nitrogens with zero attached hydrogens (tertiary/aromatic N) is 1. The molecule has 0 aliphatic rings. The van der Waals surface area contributed by atoms with Gasteiger partial charge < -0.3 is 15.2 Å². The molecular formula is C28H25N2NaO3S2. The van der Waals surface area contributed by atoms with Crippen LogP contribution in [0.15, 0.2) is 83.8 Å². The Bertz CT molecular complexity index is 1340. The average molecular weight is 525 g/mol. The summed E-state index contributed by atoms with van der Waals surface area (Å²) >= 11 is 2.68. The van der Waals surface area contributed by atoms with Gasteiger partial charge in [-0.05, 0) is 55.7 Å². The number of thiazole rings is 1. The van der Waals surface area contributed by atoms with Crippen molar-refractivity contribution in [2.45, 2.75) is 36.8 Å². The van der Waals surface area contributed by atoms with Crippen LogP contribution in [0.2, 0.25) is 0 Å². The third kappa shape index (κ3) is 6.66. The Balaban J connectivity index is 0.00000361. The van der Waals surface area contributed by atoms with Crippen LogP contribution in [0.3, 0.4) is 0 Å². The van der Waals surface area contributed by atoms with Crippen molar-refractivity contribution >= 4 is 40.7 Å². The van der Waals surface area contributed by atoms with Crippen molar-refractivity contribution in [2.75, 3.05) is 5.32 Å². The second-order valence-corrected chi connectivity index (χ2v) is 11.2. The zero-order valence-corrected chi connectivity index (χ0v) is 24.3. The van der Waals surface area contributed by atoms with Gasteiger partial charge in [-0.15, -0.1) is 23.1 Å². The Morgan fingerprint density at radius 3 is 2.17 bits per heavy atom. The van der Waals surface area contributed by atoms with Gasteiger partial charge in [0.25, 0.3) is 5.91 Å². The van der Waals surface area contributed by atoms with Crippen LogP contribution in [0.5, 0.6) is 0 Å². The molecule has 4 rings (SSSR count). The van der Waals surface area contributed by atoms with E-state index in [1.807, 2.05) is 78.9 Å². The van der Waals surface area contributed by atoms with Gasteiger partial charge in [0.1, 0.15) is 10.7 Å². The molecule has 5 nitrogen and oxygen atoms in total. The van der Waals surface area contributed by atoms with Gasteiger partial charge in [0.2, 0.25) is 0 Å². The summed E-state index contributed by atoms with van der Waals surface area (Å²) < 4.78 is -1.04. The number of carboxylic acid groups (broad SMARTS) is 1. The molecule has 178 valence electrons. The van der Waals surface area contributed by atoms with Crippen LogP contribution in [-0.4, -0.2) is 21.6 Å². The van der Waals surface area contributed by atoms with Crippen molar-refractivity contribution in [2.24, 2.45) is 0 Å². The molecule has 36 heavy (non-hydrogen) atoms. The predicted octanol–water partition coefficient (Wildman–Crippen LogP) is 2.92. The molecule has 0 bridgehead atoms. The van der Waals surface area contributed by atoms with E-state index in [1.54, 1.807) is 13.8 Å². The van der Waals surface area contributed by atoms with Gasteiger partial charge >= 0.3 is 29.6 Å². The third-order valence-electron chi connectivity index (χ3n) is 5.46. The average Bonchev–Trinajstić information content (AvgIpc) is 3.31. The molecule has 0 saturated carbocycles. The minimum atomic E-state index is -1.11. The molecule has 1 aromatic heterocycles. The first-order chi connectivity index (χ1) is 16.8. The minimum Gasteiger partial charge on any atom is -0.549 e. The summed E-state index contributed by atoms with van der Waals surface area (Å²) in [5.74, 6) is -1.38. The van der Waals surface area contributed by atoms with E-state index < -0.39 is 10.7 Å². The summed E-state index contributed by atoms with van der Waals surface area (Å²) in [5.41, 5.74) is 4.07. The Kier molecular flexibility index (Phi) is 9.55. The fourth-order valence-corrected chi connectivity index (χ4v) is 5.42. The van der Waals surface area contributed by atoms with Crippen LogP contribution < -0.4 is 40.0 Å². The SMILES string of the molecule is CCc1ccc(NC(=O)c2nc(-c3ccc(SC(C)(C)C(=O)[O-])cc3)sc2-c2ccccc2)cc1.[Na+].